The van der Waals surface area contributed by atoms with Gasteiger partial charge < -0.3 is 5.73 Å². The number of halogens is 1. The van der Waals surface area contributed by atoms with Crippen LogP contribution < -0.4 is 5.73 Å². The minimum absolute atomic E-state index is 0.237. The lowest BCUT2D eigenvalue weighted by molar-refractivity contribution is 1.21. The summed E-state index contributed by atoms with van der Waals surface area (Å²) in [6.07, 6.45) is 1.78. The van der Waals surface area contributed by atoms with Crippen molar-refractivity contribution in [2.75, 3.05) is 5.73 Å². The SMILES string of the molecule is Nc1nc(-c2ccccc2)c2nc(-c3ccc(Br)nc3)ccc2n1. The largest absolute Gasteiger partial charge is 0.368 e. The van der Waals surface area contributed by atoms with Gasteiger partial charge >= 0.3 is 0 Å². The monoisotopic (exact) mass is 377 g/mol. The first-order valence-electron chi connectivity index (χ1n) is 7.32. The van der Waals surface area contributed by atoms with Gasteiger partial charge in [-0.2, -0.15) is 0 Å². The van der Waals surface area contributed by atoms with Gasteiger partial charge in [-0.05, 0) is 40.2 Å². The third-order valence-electron chi connectivity index (χ3n) is 3.63. The van der Waals surface area contributed by atoms with E-state index in [0.29, 0.717) is 0 Å². The van der Waals surface area contributed by atoms with Crippen molar-refractivity contribution >= 4 is 32.9 Å². The molecular formula is C18H12BrN5. The van der Waals surface area contributed by atoms with E-state index in [9.17, 15) is 0 Å². The van der Waals surface area contributed by atoms with Crippen LogP contribution in [0.1, 0.15) is 0 Å². The number of nitrogen functional groups attached to an aromatic ring is 1. The average molecular weight is 378 g/mol. The molecule has 3 aromatic heterocycles. The Morgan fingerprint density at radius 3 is 2.38 bits per heavy atom. The van der Waals surface area contributed by atoms with E-state index < -0.39 is 0 Å². The van der Waals surface area contributed by atoms with Crippen molar-refractivity contribution in [2.45, 2.75) is 0 Å². The van der Waals surface area contributed by atoms with E-state index in [1.54, 1.807) is 6.20 Å². The highest BCUT2D eigenvalue weighted by molar-refractivity contribution is 9.10. The minimum Gasteiger partial charge on any atom is -0.368 e. The Labute approximate surface area is 146 Å². The van der Waals surface area contributed by atoms with Crippen molar-refractivity contribution in [2.24, 2.45) is 0 Å². The molecule has 0 bridgehead atoms. The van der Waals surface area contributed by atoms with Crippen LogP contribution in [0.5, 0.6) is 0 Å². The van der Waals surface area contributed by atoms with Gasteiger partial charge in [0.25, 0.3) is 0 Å². The van der Waals surface area contributed by atoms with E-state index in [1.165, 1.54) is 0 Å². The Kier molecular flexibility index (Phi) is 3.66. The quantitative estimate of drug-likeness (QED) is 0.532. The van der Waals surface area contributed by atoms with Gasteiger partial charge in [0.2, 0.25) is 5.95 Å². The van der Waals surface area contributed by atoms with E-state index in [1.807, 2.05) is 54.6 Å². The fourth-order valence-electron chi connectivity index (χ4n) is 2.52. The number of aromatic nitrogens is 4. The molecule has 6 heteroatoms. The van der Waals surface area contributed by atoms with Gasteiger partial charge in [0, 0.05) is 17.3 Å². The molecule has 3 heterocycles. The smallest absolute Gasteiger partial charge is 0.221 e. The lowest BCUT2D eigenvalue weighted by Gasteiger charge is -2.08. The van der Waals surface area contributed by atoms with Crippen LogP contribution in [0.2, 0.25) is 0 Å². The number of hydrogen-bond donors (Lipinski definition) is 1. The second-order valence-electron chi connectivity index (χ2n) is 5.23. The minimum atomic E-state index is 0.237. The number of nitrogens with zero attached hydrogens (tertiary/aromatic N) is 4. The van der Waals surface area contributed by atoms with Crippen LogP contribution in [0.4, 0.5) is 5.95 Å². The molecule has 2 N–H and O–H groups in total. The van der Waals surface area contributed by atoms with Crippen LogP contribution in [-0.2, 0) is 0 Å². The van der Waals surface area contributed by atoms with Gasteiger partial charge in [-0.1, -0.05) is 30.3 Å². The van der Waals surface area contributed by atoms with Gasteiger partial charge in [0.1, 0.15) is 15.8 Å². The van der Waals surface area contributed by atoms with Crippen LogP contribution in [0, 0.1) is 0 Å². The molecule has 0 saturated carbocycles. The lowest BCUT2D eigenvalue weighted by Crippen LogP contribution is -2.00. The Bertz CT molecular complexity index is 1020. The number of nitrogens with two attached hydrogens (primary N) is 1. The maximum Gasteiger partial charge on any atom is 0.221 e. The first kappa shape index (κ1) is 14.7. The highest BCUT2D eigenvalue weighted by atomic mass is 79.9. The van der Waals surface area contributed by atoms with Gasteiger partial charge in [0.15, 0.2) is 0 Å². The summed E-state index contributed by atoms with van der Waals surface area (Å²) in [5.41, 5.74) is 10.7. The topological polar surface area (TPSA) is 77.6 Å². The molecule has 0 aliphatic heterocycles. The Morgan fingerprint density at radius 2 is 1.62 bits per heavy atom. The highest BCUT2D eigenvalue weighted by Gasteiger charge is 2.11. The van der Waals surface area contributed by atoms with Gasteiger partial charge in [-0.15, -0.1) is 0 Å². The number of rotatable bonds is 2. The molecule has 24 heavy (non-hydrogen) atoms. The fraction of sp³-hybridized carbons (Fsp3) is 0. The predicted octanol–water partition coefficient (Wildman–Crippen LogP) is 4.10. The van der Waals surface area contributed by atoms with Gasteiger partial charge in [-0.25, -0.2) is 19.9 Å². The zero-order valence-corrected chi connectivity index (χ0v) is 14.1. The van der Waals surface area contributed by atoms with Crippen molar-refractivity contribution in [1.29, 1.82) is 0 Å². The third kappa shape index (κ3) is 2.72. The fourth-order valence-corrected chi connectivity index (χ4v) is 2.75. The lowest BCUT2D eigenvalue weighted by atomic mass is 10.1. The van der Waals surface area contributed by atoms with E-state index in [2.05, 4.69) is 30.9 Å². The molecule has 0 aliphatic rings. The van der Waals surface area contributed by atoms with Crippen LogP contribution >= 0.6 is 15.9 Å². The molecule has 1 aromatic carbocycles. The summed E-state index contributed by atoms with van der Waals surface area (Å²) >= 11 is 3.34. The summed E-state index contributed by atoms with van der Waals surface area (Å²) in [5.74, 6) is 0.237. The van der Waals surface area contributed by atoms with Crippen molar-refractivity contribution in [1.82, 2.24) is 19.9 Å². The van der Waals surface area contributed by atoms with Crippen molar-refractivity contribution in [3.63, 3.8) is 0 Å². The average Bonchev–Trinajstić information content (AvgIpc) is 2.62. The molecule has 0 unspecified atom stereocenters. The highest BCUT2D eigenvalue weighted by Crippen LogP contribution is 2.28. The second-order valence-corrected chi connectivity index (χ2v) is 6.04. The second kappa shape index (κ2) is 5.98. The zero-order valence-electron chi connectivity index (χ0n) is 12.5. The first-order valence-corrected chi connectivity index (χ1v) is 8.11. The molecular weight excluding hydrogens is 366 g/mol. The maximum absolute atomic E-state index is 5.86. The zero-order chi connectivity index (χ0) is 16.5. The van der Waals surface area contributed by atoms with Crippen LogP contribution in [-0.4, -0.2) is 19.9 Å². The standard InChI is InChI=1S/C18H12BrN5/c19-15-9-6-12(10-21-15)13-7-8-14-17(22-13)16(24-18(20)23-14)11-4-2-1-3-5-11/h1-10H,(H2,20,23,24). The normalized spacial score (nSPS) is 10.9. The van der Waals surface area contributed by atoms with Crippen molar-refractivity contribution < 1.29 is 0 Å². The summed E-state index contributed by atoms with van der Waals surface area (Å²) in [6, 6.07) is 17.5. The van der Waals surface area contributed by atoms with E-state index in [-0.39, 0.29) is 5.95 Å². The van der Waals surface area contributed by atoms with Crippen molar-refractivity contribution in [3.05, 3.63) is 65.4 Å². The Balaban J connectivity index is 1.95. The van der Waals surface area contributed by atoms with Gasteiger partial charge in [0.05, 0.1) is 11.2 Å². The molecule has 4 aromatic rings. The predicted molar refractivity (Wildman–Crippen MR) is 98.1 cm³/mol. The number of hydrogen-bond acceptors (Lipinski definition) is 5. The molecule has 0 saturated heterocycles. The first-order chi connectivity index (χ1) is 11.7. The molecule has 0 spiro atoms. The molecule has 0 atom stereocenters. The Hall–Kier alpha value is -2.86. The number of anilines is 1. The number of pyridine rings is 2. The Morgan fingerprint density at radius 1 is 0.792 bits per heavy atom. The van der Waals surface area contributed by atoms with E-state index in [0.717, 1.165) is 38.2 Å². The number of fused-ring (bicyclic) bond motifs is 1. The van der Waals surface area contributed by atoms with E-state index >= 15 is 0 Å². The number of benzene rings is 1. The molecule has 0 fully saturated rings. The molecule has 0 aliphatic carbocycles. The molecule has 5 nitrogen and oxygen atoms in total. The molecule has 116 valence electrons. The summed E-state index contributed by atoms with van der Waals surface area (Å²) in [7, 11) is 0. The van der Waals surface area contributed by atoms with Crippen molar-refractivity contribution in [3.8, 4) is 22.5 Å². The van der Waals surface area contributed by atoms with Crippen LogP contribution in [0.25, 0.3) is 33.5 Å². The summed E-state index contributed by atoms with van der Waals surface area (Å²) in [6.45, 7) is 0. The molecule has 0 radical (unpaired) electrons. The molecule has 0 amide bonds. The third-order valence-corrected chi connectivity index (χ3v) is 4.10. The summed E-state index contributed by atoms with van der Waals surface area (Å²) < 4.78 is 0.785. The van der Waals surface area contributed by atoms with Gasteiger partial charge in [-0.3, -0.25) is 0 Å². The van der Waals surface area contributed by atoms with Crippen LogP contribution in [0.3, 0.4) is 0 Å². The van der Waals surface area contributed by atoms with Crippen LogP contribution in [0.15, 0.2) is 65.4 Å². The maximum atomic E-state index is 5.86. The summed E-state index contributed by atoms with van der Waals surface area (Å²) in [4.78, 5) is 17.7. The molecule has 4 rings (SSSR count). The summed E-state index contributed by atoms with van der Waals surface area (Å²) in [5, 5.41) is 0. The van der Waals surface area contributed by atoms with E-state index in [4.69, 9.17) is 10.7 Å².